The molecule has 6 heteroatoms. The molecule has 130 valence electrons. The molecule has 0 amide bonds. The molecule has 0 aliphatic heterocycles. The molecule has 0 spiro atoms. The molecule has 3 heterocycles. The topological polar surface area (TPSA) is 72.3 Å². The maximum absolute atomic E-state index is 4.72. The predicted octanol–water partition coefficient (Wildman–Crippen LogP) is 3.94. The zero-order valence-corrected chi connectivity index (χ0v) is 14.5. The standard InChI is InChI=1S/C20H20N6/c1-2-5-14(4-1)8-15-9-17-12-24-26(20(17)21-11-15)18-7-3-6-16(10-18)19-22-13-23-25-19/h3,6-7,9-14H,1-2,4-5,8H2,(H,22,23,25). The van der Waals surface area contributed by atoms with Gasteiger partial charge in [-0.2, -0.15) is 10.2 Å². The van der Waals surface area contributed by atoms with Gasteiger partial charge in [-0.05, 0) is 36.1 Å². The number of hydrogen-bond acceptors (Lipinski definition) is 4. The Bertz CT molecular complexity index is 1030. The van der Waals surface area contributed by atoms with Crippen LogP contribution in [0.5, 0.6) is 0 Å². The van der Waals surface area contributed by atoms with Gasteiger partial charge in [-0.25, -0.2) is 14.6 Å². The van der Waals surface area contributed by atoms with Crippen LogP contribution in [0.15, 0.2) is 49.1 Å². The highest BCUT2D eigenvalue weighted by Gasteiger charge is 2.16. The van der Waals surface area contributed by atoms with Crippen molar-refractivity contribution in [2.45, 2.75) is 32.1 Å². The lowest BCUT2D eigenvalue weighted by atomic mass is 9.99. The lowest BCUT2D eigenvalue weighted by Crippen LogP contribution is -2.01. The van der Waals surface area contributed by atoms with Crippen LogP contribution in [-0.2, 0) is 6.42 Å². The number of aromatic nitrogens is 6. The molecule has 0 bridgehead atoms. The summed E-state index contributed by atoms with van der Waals surface area (Å²) in [6.07, 6.45) is 12.0. The molecule has 1 aliphatic carbocycles. The first kappa shape index (κ1) is 15.3. The van der Waals surface area contributed by atoms with E-state index in [1.807, 2.05) is 41.3 Å². The van der Waals surface area contributed by atoms with Crippen LogP contribution < -0.4 is 0 Å². The summed E-state index contributed by atoms with van der Waals surface area (Å²) in [5.41, 5.74) is 4.14. The minimum Gasteiger partial charge on any atom is -0.259 e. The monoisotopic (exact) mass is 344 g/mol. The third-order valence-corrected chi connectivity index (χ3v) is 5.24. The Hall–Kier alpha value is -3.02. The molecule has 5 rings (SSSR count). The Kier molecular flexibility index (Phi) is 3.74. The summed E-state index contributed by atoms with van der Waals surface area (Å²) < 4.78 is 1.88. The summed E-state index contributed by atoms with van der Waals surface area (Å²) in [5.74, 6) is 1.57. The van der Waals surface area contributed by atoms with E-state index in [4.69, 9.17) is 4.98 Å². The highest BCUT2D eigenvalue weighted by Crippen LogP contribution is 2.29. The number of nitrogens with zero attached hydrogens (tertiary/aromatic N) is 5. The number of hydrogen-bond donors (Lipinski definition) is 1. The Morgan fingerprint density at radius 2 is 2.00 bits per heavy atom. The van der Waals surface area contributed by atoms with Gasteiger partial charge in [0.1, 0.15) is 6.33 Å². The number of fused-ring (bicyclic) bond motifs is 1. The maximum atomic E-state index is 4.72. The molecule has 1 aromatic carbocycles. The van der Waals surface area contributed by atoms with Crippen LogP contribution in [0.25, 0.3) is 28.1 Å². The number of H-pyrrole nitrogens is 1. The van der Waals surface area contributed by atoms with Crippen LogP contribution in [0, 0.1) is 5.92 Å². The zero-order chi connectivity index (χ0) is 17.3. The molecule has 0 radical (unpaired) electrons. The fraction of sp³-hybridized carbons (Fsp3) is 0.300. The van der Waals surface area contributed by atoms with Crippen LogP contribution >= 0.6 is 0 Å². The highest BCUT2D eigenvalue weighted by atomic mass is 15.3. The second-order valence-corrected chi connectivity index (χ2v) is 7.05. The van der Waals surface area contributed by atoms with Gasteiger partial charge in [0.05, 0.1) is 11.9 Å². The molecular formula is C20H20N6. The molecule has 26 heavy (non-hydrogen) atoms. The molecule has 1 fully saturated rings. The van der Waals surface area contributed by atoms with E-state index < -0.39 is 0 Å². The van der Waals surface area contributed by atoms with E-state index in [2.05, 4.69) is 26.3 Å². The summed E-state index contributed by atoms with van der Waals surface area (Å²) >= 11 is 0. The first-order valence-corrected chi connectivity index (χ1v) is 9.16. The molecule has 4 aromatic rings. The van der Waals surface area contributed by atoms with Crippen LogP contribution in [0.4, 0.5) is 0 Å². The van der Waals surface area contributed by atoms with Crippen molar-refractivity contribution < 1.29 is 0 Å². The number of aromatic amines is 1. The van der Waals surface area contributed by atoms with E-state index in [0.717, 1.165) is 40.4 Å². The first-order chi connectivity index (χ1) is 12.9. The molecule has 0 saturated heterocycles. The average Bonchev–Trinajstić information content (AvgIpc) is 3.43. The Balaban J connectivity index is 1.49. The molecule has 6 nitrogen and oxygen atoms in total. The van der Waals surface area contributed by atoms with Gasteiger partial charge in [-0.15, -0.1) is 0 Å². The first-order valence-electron chi connectivity index (χ1n) is 9.16. The van der Waals surface area contributed by atoms with Crippen molar-refractivity contribution in [3.05, 3.63) is 54.6 Å². The number of benzene rings is 1. The number of pyridine rings is 1. The van der Waals surface area contributed by atoms with E-state index in [1.165, 1.54) is 37.6 Å². The predicted molar refractivity (Wildman–Crippen MR) is 99.9 cm³/mol. The number of rotatable bonds is 4. The van der Waals surface area contributed by atoms with E-state index in [9.17, 15) is 0 Å². The van der Waals surface area contributed by atoms with Crippen molar-refractivity contribution in [3.8, 4) is 17.1 Å². The normalized spacial score (nSPS) is 15.1. The molecular weight excluding hydrogens is 324 g/mol. The van der Waals surface area contributed by atoms with Crippen molar-refractivity contribution in [2.24, 2.45) is 5.92 Å². The molecule has 3 aromatic heterocycles. The van der Waals surface area contributed by atoms with Crippen molar-refractivity contribution in [2.75, 3.05) is 0 Å². The zero-order valence-electron chi connectivity index (χ0n) is 14.5. The highest BCUT2D eigenvalue weighted by molar-refractivity contribution is 5.77. The lowest BCUT2D eigenvalue weighted by molar-refractivity contribution is 0.546. The minimum atomic E-state index is 0.745. The molecule has 1 aliphatic rings. The summed E-state index contributed by atoms with van der Waals surface area (Å²) in [7, 11) is 0. The van der Waals surface area contributed by atoms with Gasteiger partial charge in [-0.3, -0.25) is 5.10 Å². The fourth-order valence-electron chi connectivity index (χ4n) is 3.94. The Morgan fingerprint density at radius 3 is 2.85 bits per heavy atom. The largest absolute Gasteiger partial charge is 0.259 e. The lowest BCUT2D eigenvalue weighted by Gasteiger charge is -2.09. The van der Waals surface area contributed by atoms with Crippen LogP contribution in [0.1, 0.15) is 31.2 Å². The van der Waals surface area contributed by atoms with Gasteiger partial charge in [-0.1, -0.05) is 37.8 Å². The summed E-state index contributed by atoms with van der Waals surface area (Å²) in [6.45, 7) is 0. The van der Waals surface area contributed by atoms with Crippen LogP contribution in [-0.4, -0.2) is 29.9 Å². The van der Waals surface area contributed by atoms with Gasteiger partial charge >= 0.3 is 0 Å². The Labute approximate surface area is 151 Å². The van der Waals surface area contributed by atoms with E-state index in [1.54, 1.807) is 0 Å². The third-order valence-electron chi connectivity index (χ3n) is 5.24. The summed E-state index contributed by atoms with van der Waals surface area (Å²) in [4.78, 5) is 8.94. The van der Waals surface area contributed by atoms with Crippen molar-refractivity contribution in [1.29, 1.82) is 0 Å². The molecule has 1 saturated carbocycles. The van der Waals surface area contributed by atoms with Crippen LogP contribution in [0.2, 0.25) is 0 Å². The van der Waals surface area contributed by atoms with Crippen LogP contribution in [0.3, 0.4) is 0 Å². The molecule has 0 unspecified atom stereocenters. The van der Waals surface area contributed by atoms with Gasteiger partial charge in [0.25, 0.3) is 0 Å². The second-order valence-electron chi connectivity index (χ2n) is 7.05. The van der Waals surface area contributed by atoms with Gasteiger partial charge in [0.2, 0.25) is 0 Å². The second kappa shape index (κ2) is 6.37. The third kappa shape index (κ3) is 2.77. The fourth-order valence-corrected chi connectivity index (χ4v) is 3.94. The molecule has 0 atom stereocenters. The minimum absolute atomic E-state index is 0.745. The summed E-state index contributed by atoms with van der Waals surface area (Å²) in [6, 6.07) is 10.3. The SMILES string of the molecule is c1cc(-c2ncn[nH]2)cc(-n2ncc3cc(CC4CCCC4)cnc32)c1. The smallest absolute Gasteiger partial charge is 0.162 e. The Morgan fingerprint density at radius 1 is 1.08 bits per heavy atom. The van der Waals surface area contributed by atoms with Gasteiger partial charge in [0, 0.05) is 17.1 Å². The van der Waals surface area contributed by atoms with E-state index in [0.29, 0.717) is 0 Å². The van der Waals surface area contributed by atoms with E-state index in [-0.39, 0.29) is 0 Å². The van der Waals surface area contributed by atoms with Crippen molar-refractivity contribution in [1.82, 2.24) is 29.9 Å². The molecule has 1 N–H and O–H groups in total. The number of nitrogens with one attached hydrogen (secondary N) is 1. The van der Waals surface area contributed by atoms with Crippen molar-refractivity contribution >= 4 is 11.0 Å². The summed E-state index contributed by atoms with van der Waals surface area (Å²) in [5, 5.41) is 12.5. The van der Waals surface area contributed by atoms with Crippen molar-refractivity contribution in [3.63, 3.8) is 0 Å². The van der Waals surface area contributed by atoms with Gasteiger partial charge < -0.3 is 0 Å². The maximum Gasteiger partial charge on any atom is 0.162 e. The van der Waals surface area contributed by atoms with E-state index >= 15 is 0 Å². The quantitative estimate of drug-likeness (QED) is 0.609. The average molecular weight is 344 g/mol. The van der Waals surface area contributed by atoms with Gasteiger partial charge in [0.15, 0.2) is 11.5 Å².